The second kappa shape index (κ2) is 6.50. The van der Waals surface area contributed by atoms with Gasteiger partial charge >= 0.3 is 0 Å². The summed E-state index contributed by atoms with van der Waals surface area (Å²) in [6, 6.07) is 16.2. The number of allylic oxidation sites excluding steroid dienone is 5. The summed E-state index contributed by atoms with van der Waals surface area (Å²) in [5.74, 6) is 0. The zero-order valence-corrected chi connectivity index (χ0v) is 11.1. The lowest BCUT2D eigenvalue weighted by molar-refractivity contribution is 1.28. The second-order valence-corrected chi connectivity index (χ2v) is 4.13. The van der Waals surface area contributed by atoms with Crippen molar-refractivity contribution in [2.45, 2.75) is 6.92 Å². The molecule has 0 spiro atoms. The van der Waals surface area contributed by atoms with Crippen LogP contribution in [0.4, 0.5) is 0 Å². The van der Waals surface area contributed by atoms with Gasteiger partial charge in [0, 0.05) is 5.56 Å². The van der Waals surface area contributed by atoms with Gasteiger partial charge in [-0.25, -0.2) is 4.98 Å². The highest BCUT2D eigenvalue weighted by Crippen LogP contribution is 2.20. The van der Waals surface area contributed by atoms with Crippen LogP contribution in [0.5, 0.6) is 0 Å². The molecule has 0 saturated carbocycles. The summed E-state index contributed by atoms with van der Waals surface area (Å²) in [6.07, 6.45) is 7.83. The van der Waals surface area contributed by atoms with Gasteiger partial charge in [0.2, 0.25) is 0 Å². The van der Waals surface area contributed by atoms with Crippen LogP contribution in [0, 0.1) is 0 Å². The van der Waals surface area contributed by atoms with Gasteiger partial charge in [-0.15, -0.1) is 0 Å². The first kappa shape index (κ1) is 13.0. The van der Waals surface area contributed by atoms with Gasteiger partial charge in [-0.2, -0.15) is 0 Å². The fourth-order valence-corrected chi connectivity index (χ4v) is 1.82. The van der Waals surface area contributed by atoms with E-state index in [4.69, 9.17) is 4.98 Å². The summed E-state index contributed by atoms with van der Waals surface area (Å²) in [6.45, 7) is 5.84. The Hall–Kier alpha value is -2.41. The molecule has 0 aliphatic rings. The van der Waals surface area contributed by atoms with Crippen molar-refractivity contribution in [1.82, 2.24) is 4.98 Å². The number of aromatic nitrogens is 1. The standard InChI is InChI=1S/C18H17N/c1-3-5-10-15(4-2)17-13-9-14-18(19-17)16-11-7-6-8-12-16/h3-14H,2H2,1H3/b5-3-,15-10+. The minimum absolute atomic E-state index is 0.939. The molecule has 0 radical (unpaired) electrons. The summed E-state index contributed by atoms with van der Waals surface area (Å²) >= 11 is 0. The number of hydrogen-bond donors (Lipinski definition) is 0. The van der Waals surface area contributed by atoms with Crippen LogP contribution < -0.4 is 0 Å². The highest BCUT2D eigenvalue weighted by molar-refractivity contribution is 5.74. The van der Waals surface area contributed by atoms with Crippen LogP contribution in [-0.2, 0) is 0 Å². The van der Waals surface area contributed by atoms with Gasteiger partial charge in [0.25, 0.3) is 0 Å². The van der Waals surface area contributed by atoms with Crippen molar-refractivity contribution < 1.29 is 0 Å². The maximum absolute atomic E-state index is 4.69. The molecule has 1 heteroatoms. The molecule has 0 N–H and O–H groups in total. The Balaban J connectivity index is 2.42. The lowest BCUT2D eigenvalue weighted by atomic mass is 10.1. The van der Waals surface area contributed by atoms with Crippen LogP contribution in [0.3, 0.4) is 0 Å². The zero-order chi connectivity index (χ0) is 13.5. The van der Waals surface area contributed by atoms with Crippen molar-refractivity contribution in [3.05, 3.63) is 85.1 Å². The van der Waals surface area contributed by atoms with Gasteiger partial charge in [-0.1, -0.05) is 67.3 Å². The summed E-state index contributed by atoms with van der Waals surface area (Å²) in [4.78, 5) is 4.69. The third-order valence-electron chi connectivity index (χ3n) is 2.80. The smallest absolute Gasteiger partial charge is 0.0709 e. The number of pyridine rings is 1. The lowest BCUT2D eigenvalue weighted by Crippen LogP contribution is -1.90. The molecule has 1 aromatic heterocycles. The summed E-state index contributed by atoms with van der Waals surface area (Å²) in [5.41, 5.74) is 4.07. The molecule has 2 aromatic rings. The predicted octanol–water partition coefficient (Wildman–Crippen LogP) is 4.89. The molecular weight excluding hydrogens is 230 g/mol. The van der Waals surface area contributed by atoms with Gasteiger partial charge in [0.1, 0.15) is 0 Å². The molecule has 0 unspecified atom stereocenters. The van der Waals surface area contributed by atoms with Crippen molar-refractivity contribution in [3.8, 4) is 11.3 Å². The van der Waals surface area contributed by atoms with Crippen LogP contribution in [0.25, 0.3) is 16.8 Å². The van der Waals surface area contributed by atoms with Crippen LogP contribution in [0.2, 0.25) is 0 Å². The molecule has 0 aliphatic carbocycles. The van der Waals surface area contributed by atoms with E-state index in [0.717, 1.165) is 22.5 Å². The number of hydrogen-bond acceptors (Lipinski definition) is 1. The van der Waals surface area contributed by atoms with Crippen LogP contribution >= 0.6 is 0 Å². The molecule has 0 atom stereocenters. The molecule has 1 aromatic carbocycles. The molecule has 0 amide bonds. The zero-order valence-electron chi connectivity index (χ0n) is 11.1. The van der Waals surface area contributed by atoms with Gasteiger partial charge in [-0.05, 0) is 24.6 Å². The molecule has 94 valence electrons. The molecule has 19 heavy (non-hydrogen) atoms. The molecule has 0 saturated heterocycles. The first-order valence-electron chi connectivity index (χ1n) is 6.33. The van der Waals surface area contributed by atoms with E-state index in [-0.39, 0.29) is 0 Å². The maximum atomic E-state index is 4.69. The highest BCUT2D eigenvalue weighted by Gasteiger charge is 2.02. The third kappa shape index (κ3) is 3.29. The largest absolute Gasteiger partial charge is 0.248 e. The quantitative estimate of drug-likeness (QED) is 0.701. The van der Waals surface area contributed by atoms with E-state index in [2.05, 4.69) is 18.7 Å². The van der Waals surface area contributed by atoms with Gasteiger partial charge in [0.05, 0.1) is 11.4 Å². The van der Waals surface area contributed by atoms with E-state index in [1.54, 1.807) is 0 Å². The van der Waals surface area contributed by atoms with Crippen molar-refractivity contribution in [3.63, 3.8) is 0 Å². The molecule has 0 bridgehead atoms. The van der Waals surface area contributed by atoms with E-state index in [9.17, 15) is 0 Å². The Labute approximate surface area is 114 Å². The average molecular weight is 247 g/mol. The van der Waals surface area contributed by atoms with Crippen LogP contribution in [-0.4, -0.2) is 4.98 Å². The fourth-order valence-electron chi connectivity index (χ4n) is 1.82. The number of nitrogens with zero attached hydrogens (tertiary/aromatic N) is 1. The Morgan fingerprint density at radius 3 is 2.53 bits per heavy atom. The average Bonchev–Trinajstić information content (AvgIpc) is 2.49. The molecule has 0 aliphatic heterocycles. The first-order chi connectivity index (χ1) is 9.35. The SMILES string of the molecule is C=C/C(=C\C=C/C)c1cccc(-c2ccccc2)n1. The first-order valence-corrected chi connectivity index (χ1v) is 6.33. The minimum Gasteiger partial charge on any atom is -0.248 e. The lowest BCUT2D eigenvalue weighted by Gasteiger charge is -2.05. The Bertz CT molecular complexity index is 607. The summed E-state index contributed by atoms with van der Waals surface area (Å²) < 4.78 is 0. The Morgan fingerprint density at radius 2 is 1.84 bits per heavy atom. The summed E-state index contributed by atoms with van der Waals surface area (Å²) in [5, 5.41) is 0. The number of benzene rings is 1. The van der Waals surface area contributed by atoms with E-state index in [0.29, 0.717) is 0 Å². The van der Waals surface area contributed by atoms with Crippen molar-refractivity contribution in [2.75, 3.05) is 0 Å². The maximum Gasteiger partial charge on any atom is 0.0709 e. The van der Waals surface area contributed by atoms with Gasteiger partial charge < -0.3 is 0 Å². The molecule has 0 fully saturated rings. The monoisotopic (exact) mass is 247 g/mol. The van der Waals surface area contributed by atoms with Crippen molar-refractivity contribution in [2.24, 2.45) is 0 Å². The number of rotatable bonds is 4. The van der Waals surface area contributed by atoms with E-state index in [1.165, 1.54) is 0 Å². The van der Waals surface area contributed by atoms with Crippen molar-refractivity contribution in [1.29, 1.82) is 0 Å². The Kier molecular flexibility index (Phi) is 4.46. The van der Waals surface area contributed by atoms with E-state index < -0.39 is 0 Å². The fraction of sp³-hybridized carbons (Fsp3) is 0.0556. The second-order valence-electron chi connectivity index (χ2n) is 4.13. The molecular formula is C18H17N. The highest BCUT2D eigenvalue weighted by atomic mass is 14.7. The van der Waals surface area contributed by atoms with E-state index >= 15 is 0 Å². The van der Waals surface area contributed by atoms with Gasteiger partial charge in [0.15, 0.2) is 0 Å². The van der Waals surface area contributed by atoms with Crippen molar-refractivity contribution >= 4 is 5.57 Å². The Morgan fingerprint density at radius 1 is 1.05 bits per heavy atom. The molecule has 2 rings (SSSR count). The third-order valence-corrected chi connectivity index (χ3v) is 2.80. The van der Waals surface area contributed by atoms with Crippen LogP contribution in [0.15, 0.2) is 79.4 Å². The topological polar surface area (TPSA) is 12.9 Å². The normalized spacial score (nSPS) is 11.7. The molecule has 1 nitrogen and oxygen atoms in total. The summed E-state index contributed by atoms with van der Waals surface area (Å²) in [7, 11) is 0. The van der Waals surface area contributed by atoms with Crippen LogP contribution in [0.1, 0.15) is 12.6 Å². The molecule has 1 heterocycles. The van der Waals surface area contributed by atoms with Gasteiger partial charge in [-0.3, -0.25) is 0 Å². The van der Waals surface area contributed by atoms with E-state index in [1.807, 2.05) is 67.6 Å². The minimum atomic E-state index is 0.939. The predicted molar refractivity (Wildman–Crippen MR) is 82.7 cm³/mol.